The van der Waals surface area contributed by atoms with Gasteiger partial charge in [0.25, 0.3) is 0 Å². The number of sulfonamides is 1. The van der Waals surface area contributed by atoms with Gasteiger partial charge >= 0.3 is 0 Å². The summed E-state index contributed by atoms with van der Waals surface area (Å²) in [5, 5.41) is 3.24. The largest absolute Gasteiger partial charge is 0.313 e. The van der Waals surface area contributed by atoms with Gasteiger partial charge in [-0.2, -0.15) is 11.8 Å². The molecule has 120 valence electrons. The van der Waals surface area contributed by atoms with Crippen LogP contribution < -0.4 is 10.0 Å². The van der Waals surface area contributed by atoms with Gasteiger partial charge in [-0.3, -0.25) is 0 Å². The van der Waals surface area contributed by atoms with Crippen molar-refractivity contribution in [3.05, 3.63) is 35.4 Å². The molecular weight excluding hydrogens is 304 g/mol. The van der Waals surface area contributed by atoms with Crippen molar-refractivity contribution in [2.45, 2.75) is 38.6 Å². The van der Waals surface area contributed by atoms with Crippen LogP contribution in [0.3, 0.4) is 0 Å². The van der Waals surface area contributed by atoms with Gasteiger partial charge in [0.1, 0.15) is 0 Å². The van der Waals surface area contributed by atoms with E-state index in [2.05, 4.69) is 17.0 Å². The van der Waals surface area contributed by atoms with Crippen LogP contribution >= 0.6 is 11.8 Å². The zero-order chi connectivity index (χ0) is 15.7. The van der Waals surface area contributed by atoms with Gasteiger partial charge in [0.15, 0.2) is 0 Å². The summed E-state index contributed by atoms with van der Waals surface area (Å²) >= 11 is 1.66. The van der Waals surface area contributed by atoms with Gasteiger partial charge in [0.2, 0.25) is 10.0 Å². The zero-order valence-electron chi connectivity index (χ0n) is 13.1. The second-order valence-corrected chi connectivity index (χ2v) is 7.70. The molecule has 1 aromatic carbocycles. The highest BCUT2D eigenvalue weighted by atomic mass is 32.2. The van der Waals surface area contributed by atoms with Crippen LogP contribution in [-0.2, 0) is 22.3 Å². The van der Waals surface area contributed by atoms with E-state index in [1.54, 1.807) is 11.8 Å². The summed E-state index contributed by atoms with van der Waals surface area (Å²) in [6, 6.07) is 7.75. The first-order chi connectivity index (χ1) is 10.0. The Morgan fingerprint density at radius 1 is 1.24 bits per heavy atom. The van der Waals surface area contributed by atoms with E-state index in [0.29, 0.717) is 0 Å². The number of hydrogen-bond acceptors (Lipinski definition) is 4. The zero-order valence-corrected chi connectivity index (χ0v) is 14.7. The average molecular weight is 331 g/mol. The number of nitrogens with one attached hydrogen (secondary N) is 2. The van der Waals surface area contributed by atoms with Crippen LogP contribution in [0.1, 0.15) is 31.4 Å². The second kappa shape index (κ2) is 9.46. The van der Waals surface area contributed by atoms with Gasteiger partial charge < -0.3 is 5.32 Å². The van der Waals surface area contributed by atoms with Crippen LogP contribution in [-0.4, -0.2) is 33.0 Å². The summed E-state index contributed by atoms with van der Waals surface area (Å²) in [5.74, 6) is 0.841. The molecule has 0 aliphatic heterocycles. The molecule has 1 atom stereocenters. The van der Waals surface area contributed by atoms with Gasteiger partial charge in [-0.05, 0) is 30.3 Å². The summed E-state index contributed by atoms with van der Waals surface area (Å²) in [4.78, 5) is 0. The fourth-order valence-electron chi connectivity index (χ4n) is 2.05. The minimum atomic E-state index is -3.29. The van der Waals surface area contributed by atoms with Crippen LogP contribution in [0.4, 0.5) is 0 Å². The molecule has 21 heavy (non-hydrogen) atoms. The van der Waals surface area contributed by atoms with Crippen LogP contribution in [0, 0.1) is 0 Å². The van der Waals surface area contributed by atoms with Crippen molar-refractivity contribution in [3.8, 4) is 0 Å². The predicted molar refractivity (Wildman–Crippen MR) is 92.0 cm³/mol. The predicted octanol–water partition coefficient (Wildman–Crippen LogP) is 2.36. The van der Waals surface area contributed by atoms with E-state index < -0.39 is 10.0 Å². The van der Waals surface area contributed by atoms with Crippen molar-refractivity contribution in [1.29, 1.82) is 0 Å². The first-order valence-corrected chi connectivity index (χ1v) is 10.3. The second-order valence-electron chi connectivity index (χ2n) is 5.04. The number of thioether (sulfide) groups is 1. The normalized spacial score (nSPS) is 13.3. The lowest BCUT2D eigenvalue weighted by molar-refractivity contribution is 0.557. The molecule has 0 aliphatic rings. The summed E-state index contributed by atoms with van der Waals surface area (Å²) in [6.45, 7) is 5.72. The lowest BCUT2D eigenvalue weighted by Crippen LogP contribution is -2.36. The molecule has 0 radical (unpaired) electrons. The summed E-state index contributed by atoms with van der Waals surface area (Å²) in [7, 11) is -3.29. The molecule has 0 spiro atoms. The number of rotatable bonds is 10. The van der Waals surface area contributed by atoms with E-state index in [9.17, 15) is 8.42 Å². The molecule has 0 heterocycles. The third-order valence-corrected chi connectivity index (χ3v) is 5.28. The SMILES string of the molecule is CCNCc1cccc(CS(=O)(=O)NC(CC)CSC)c1. The minimum Gasteiger partial charge on any atom is -0.313 e. The van der Waals surface area contributed by atoms with E-state index >= 15 is 0 Å². The third-order valence-electron chi connectivity index (χ3n) is 3.13. The number of hydrogen-bond donors (Lipinski definition) is 2. The van der Waals surface area contributed by atoms with Crippen molar-refractivity contribution in [2.24, 2.45) is 0 Å². The van der Waals surface area contributed by atoms with E-state index in [0.717, 1.165) is 36.4 Å². The molecule has 0 bridgehead atoms. The topological polar surface area (TPSA) is 58.2 Å². The molecule has 0 saturated heterocycles. The molecule has 2 N–H and O–H groups in total. The smallest absolute Gasteiger partial charge is 0.216 e. The highest BCUT2D eigenvalue weighted by Crippen LogP contribution is 2.10. The fraction of sp³-hybridized carbons (Fsp3) is 0.600. The molecule has 0 amide bonds. The van der Waals surface area contributed by atoms with Crippen LogP contribution in [0.2, 0.25) is 0 Å². The van der Waals surface area contributed by atoms with Gasteiger partial charge in [-0.25, -0.2) is 13.1 Å². The van der Waals surface area contributed by atoms with Crippen molar-refractivity contribution in [1.82, 2.24) is 10.0 Å². The van der Waals surface area contributed by atoms with Crippen LogP contribution in [0.5, 0.6) is 0 Å². The first kappa shape index (κ1) is 18.5. The Hall–Kier alpha value is -0.560. The summed E-state index contributed by atoms with van der Waals surface area (Å²) in [6.07, 6.45) is 2.79. The Morgan fingerprint density at radius 3 is 2.57 bits per heavy atom. The summed E-state index contributed by atoms with van der Waals surface area (Å²) < 4.78 is 27.3. The molecule has 6 heteroatoms. The van der Waals surface area contributed by atoms with Crippen molar-refractivity contribution in [3.63, 3.8) is 0 Å². The standard InChI is InChI=1S/C15H26N2O2S2/c1-4-15(11-20-3)17-21(18,19)12-14-8-6-7-13(9-14)10-16-5-2/h6-9,15-17H,4-5,10-12H2,1-3H3. The highest BCUT2D eigenvalue weighted by molar-refractivity contribution is 7.98. The maximum atomic E-state index is 12.2. The molecule has 1 unspecified atom stereocenters. The van der Waals surface area contributed by atoms with Crippen molar-refractivity contribution in [2.75, 3.05) is 18.6 Å². The third kappa shape index (κ3) is 7.31. The molecular formula is C15H26N2O2S2. The Bertz CT molecular complexity index is 518. The first-order valence-electron chi connectivity index (χ1n) is 7.28. The maximum absolute atomic E-state index is 12.2. The Balaban J connectivity index is 2.70. The minimum absolute atomic E-state index is 0.00920. The molecule has 0 saturated carbocycles. The summed E-state index contributed by atoms with van der Waals surface area (Å²) in [5.41, 5.74) is 1.94. The van der Waals surface area contributed by atoms with Gasteiger partial charge in [-0.1, -0.05) is 38.1 Å². The Kier molecular flexibility index (Phi) is 8.33. The lowest BCUT2D eigenvalue weighted by atomic mass is 10.1. The molecule has 0 aliphatic carbocycles. The maximum Gasteiger partial charge on any atom is 0.216 e. The Morgan fingerprint density at radius 2 is 1.95 bits per heavy atom. The Labute approximate surface area is 133 Å². The quantitative estimate of drug-likeness (QED) is 0.691. The van der Waals surface area contributed by atoms with Crippen LogP contribution in [0.15, 0.2) is 24.3 Å². The molecule has 1 aromatic rings. The van der Waals surface area contributed by atoms with Crippen LogP contribution in [0.25, 0.3) is 0 Å². The monoisotopic (exact) mass is 330 g/mol. The van der Waals surface area contributed by atoms with Gasteiger partial charge in [0.05, 0.1) is 5.75 Å². The van der Waals surface area contributed by atoms with Crippen molar-refractivity contribution >= 4 is 21.8 Å². The lowest BCUT2D eigenvalue weighted by Gasteiger charge is -2.16. The number of benzene rings is 1. The highest BCUT2D eigenvalue weighted by Gasteiger charge is 2.17. The van der Waals surface area contributed by atoms with Gasteiger partial charge in [-0.15, -0.1) is 0 Å². The average Bonchev–Trinajstić information content (AvgIpc) is 2.44. The van der Waals surface area contributed by atoms with E-state index in [-0.39, 0.29) is 11.8 Å². The van der Waals surface area contributed by atoms with Crippen molar-refractivity contribution < 1.29 is 8.42 Å². The molecule has 4 nitrogen and oxygen atoms in total. The molecule has 0 fully saturated rings. The molecule has 1 rings (SSSR count). The van der Waals surface area contributed by atoms with Gasteiger partial charge in [0, 0.05) is 18.3 Å². The van der Waals surface area contributed by atoms with E-state index in [1.165, 1.54) is 0 Å². The fourth-order valence-corrected chi connectivity index (χ4v) is 4.34. The van der Waals surface area contributed by atoms with E-state index in [4.69, 9.17) is 0 Å². The molecule has 0 aromatic heterocycles. The van der Waals surface area contributed by atoms with E-state index in [1.807, 2.05) is 37.4 Å².